The summed E-state index contributed by atoms with van der Waals surface area (Å²) in [5.41, 5.74) is 0. The molecule has 3 nitrogen and oxygen atoms in total. The van der Waals surface area contributed by atoms with Crippen LogP contribution >= 0.6 is 11.8 Å². The van der Waals surface area contributed by atoms with E-state index in [9.17, 15) is 4.79 Å². The molecule has 0 bridgehead atoms. The smallest absolute Gasteiger partial charge is 0.235 e. The Morgan fingerprint density at radius 2 is 2.12 bits per heavy atom. The summed E-state index contributed by atoms with van der Waals surface area (Å²) in [7, 11) is 1.98. The number of amides is 1. The molecule has 2 rings (SSSR count). The lowest BCUT2D eigenvalue weighted by Gasteiger charge is -2.38. The summed E-state index contributed by atoms with van der Waals surface area (Å²) in [4.78, 5) is 14.7. The molecule has 2 atom stereocenters. The van der Waals surface area contributed by atoms with Crippen LogP contribution in [0.25, 0.3) is 0 Å². The van der Waals surface area contributed by atoms with Gasteiger partial charge in [0.25, 0.3) is 0 Å². The Bertz CT molecular complexity index is 252. The van der Waals surface area contributed by atoms with Crippen LogP contribution < -0.4 is 5.32 Å². The van der Waals surface area contributed by atoms with Crippen molar-refractivity contribution in [3.8, 4) is 0 Å². The topological polar surface area (TPSA) is 32.3 Å². The number of nitrogens with zero attached hydrogens (tertiary/aromatic N) is 1. The van der Waals surface area contributed by atoms with Crippen LogP contribution in [0, 0.1) is 0 Å². The van der Waals surface area contributed by atoms with Crippen LogP contribution in [0.5, 0.6) is 0 Å². The largest absolute Gasteiger partial charge is 0.337 e. The summed E-state index contributed by atoms with van der Waals surface area (Å²) in [6, 6.07) is 0.434. The molecule has 0 spiro atoms. The Morgan fingerprint density at radius 3 is 2.82 bits per heavy atom. The van der Waals surface area contributed by atoms with Gasteiger partial charge in [-0.05, 0) is 44.9 Å². The maximum Gasteiger partial charge on any atom is 0.235 e. The number of likely N-dealkylation sites (tertiary alicyclic amines) is 1. The van der Waals surface area contributed by atoms with Crippen LogP contribution in [-0.4, -0.2) is 48.0 Å². The molecule has 2 heterocycles. The summed E-state index contributed by atoms with van der Waals surface area (Å²) < 4.78 is 0. The van der Waals surface area contributed by atoms with Gasteiger partial charge in [-0.25, -0.2) is 0 Å². The van der Waals surface area contributed by atoms with Gasteiger partial charge in [-0.1, -0.05) is 6.42 Å². The number of hydrogen-bond donors (Lipinski definition) is 1. The summed E-state index contributed by atoms with van der Waals surface area (Å²) in [6.45, 7) is 1.92. The predicted molar refractivity (Wildman–Crippen MR) is 73.4 cm³/mol. The number of carbonyl (C=O) groups is 1. The van der Waals surface area contributed by atoms with Gasteiger partial charge in [-0.15, -0.1) is 11.8 Å². The molecule has 1 amide bonds. The quantitative estimate of drug-likeness (QED) is 0.837. The van der Waals surface area contributed by atoms with Crippen molar-refractivity contribution in [1.82, 2.24) is 10.2 Å². The van der Waals surface area contributed by atoms with Gasteiger partial charge >= 0.3 is 0 Å². The maximum atomic E-state index is 12.5. The Kier molecular flexibility index (Phi) is 5.16. The first-order valence-corrected chi connectivity index (χ1v) is 7.94. The van der Waals surface area contributed by atoms with Gasteiger partial charge in [0.15, 0.2) is 0 Å². The second kappa shape index (κ2) is 6.64. The van der Waals surface area contributed by atoms with E-state index in [1.54, 1.807) is 0 Å². The van der Waals surface area contributed by atoms with Crippen LogP contribution in [0.4, 0.5) is 0 Å². The van der Waals surface area contributed by atoms with Crippen LogP contribution in [-0.2, 0) is 4.79 Å². The average molecular weight is 256 g/mol. The van der Waals surface area contributed by atoms with Crippen molar-refractivity contribution in [1.29, 1.82) is 0 Å². The molecule has 2 fully saturated rings. The molecule has 2 aliphatic heterocycles. The average Bonchev–Trinajstić information content (AvgIpc) is 2.40. The molecule has 0 aromatic heterocycles. The van der Waals surface area contributed by atoms with Crippen LogP contribution in [0.3, 0.4) is 0 Å². The summed E-state index contributed by atoms with van der Waals surface area (Å²) in [5, 5.41) is 3.48. The molecule has 0 saturated carbocycles. The van der Waals surface area contributed by atoms with Crippen molar-refractivity contribution >= 4 is 17.7 Å². The fourth-order valence-electron chi connectivity index (χ4n) is 2.86. The van der Waals surface area contributed by atoms with Gasteiger partial charge in [-0.3, -0.25) is 4.79 Å². The minimum atomic E-state index is 0.251. The maximum absolute atomic E-state index is 12.5. The molecule has 4 heteroatoms. The number of hydrogen-bond acceptors (Lipinski definition) is 3. The van der Waals surface area contributed by atoms with E-state index in [1.807, 2.05) is 18.8 Å². The first-order valence-electron chi connectivity index (χ1n) is 6.89. The molecule has 0 aliphatic carbocycles. The van der Waals surface area contributed by atoms with Crippen molar-refractivity contribution in [3.05, 3.63) is 0 Å². The van der Waals surface area contributed by atoms with E-state index in [2.05, 4.69) is 10.2 Å². The highest BCUT2D eigenvalue weighted by molar-refractivity contribution is 8.00. The number of thioether (sulfide) groups is 1. The third kappa shape index (κ3) is 3.38. The SMILES string of the molecule is CNCC1CCCCN1C(=O)C1CCCCS1. The van der Waals surface area contributed by atoms with E-state index in [1.165, 1.54) is 37.9 Å². The highest BCUT2D eigenvalue weighted by atomic mass is 32.2. The molecular weight excluding hydrogens is 232 g/mol. The molecule has 2 unspecified atom stereocenters. The minimum Gasteiger partial charge on any atom is -0.337 e. The number of nitrogens with one attached hydrogen (secondary N) is 1. The molecule has 17 heavy (non-hydrogen) atoms. The lowest BCUT2D eigenvalue weighted by atomic mass is 10.0. The first kappa shape index (κ1) is 13.2. The molecule has 0 radical (unpaired) electrons. The van der Waals surface area contributed by atoms with E-state index in [0.29, 0.717) is 11.9 Å². The van der Waals surface area contributed by atoms with E-state index in [4.69, 9.17) is 0 Å². The van der Waals surface area contributed by atoms with Gasteiger partial charge in [-0.2, -0.15) is 0 Å². The molecular formula is C13H24N2OS. The van der Waals surface area contributed by atoms with E-state index in [-0.39, 0.29) is 5.25 Å². The Labute approximate surface area is 109 Å². The third-order valence-corrected chi connectivity index (χ3v) is 5.17. The Balaban J connectivity index is 1.94. The van der Waals surface area contributed by atoms with Gasteiger partial charge in [0.2, 0.25) is 5.91 Å². The monoisotopic (exact) mass is 256 g/mol. The van der Waals surface area contributed by atoms with Gasteiger partial charge in [0.1, 0.15) is 0 Å². The number of rotatable bonds is 3. The van der Waals surface area contributed by atoms with Crippen LogP contribution in [0.2, 0.25) is 0 Å². The van der Waals surface area contributed by atoms with Gasteiger partial charge in [0.05, 0.1) is 5.25 Å². The van der Waals surface area contributed by atoms with Gasteiger partial charge < -0.3 is 10.2 Å². The first-order chi connectivity index (χ1) is 8.33. The number of likely N-dealkylation sites (N-methyl/N-ethyl adjacent to an activating group) is 1. The van der Waals surface area contributed by atoms with E-state index in [0.717, 1.165) is 19.5 Å². The highest BCUT2D eigenvalue weighted by Crippen LogP contribution is 2.28. The predicted octanol–water partition coefficient (Wildman–Crippen LogP) is 1.87. The highest BCUT2D eigenvalue weighted by Gasteiger charge is 2.32. The molecule has 2 aliphatic rings. The molecule has 2 saturated heterocycles. The van der Waals surface area contributed by atoms with Crippen molar-refractivity contribution in [2.24, 2.45) is 0 Å². The second-order valence-electron chi connectivity index (χ2n) is 5.09. The van der Waals surface area contributed by atoms with Crippen molar-refractivity contribution in [2.45, 2.75) is 49.8 Å². The summed E-state index contributed by atoms with van der Waals surface area (Å²) >= 11 is 1.87. The zero-order valence-electron chi connectivity index (χ0n) is 10.8. The van der Waals surface area contributed by atoms with Crippen LogP contribution in [0.1, 0.15) is 38.5 Å². The molecule has 0 aromatic carbocycles. The number of piperidine rings is 1. The standard InChI is InChI=1S/C13H24N2OS/c1-14-10-11-6-2-4-8-15(11)13(16)12-7-3-5-9-17-12/h11-12,14H,2-10H2,1H3. The molecule has 0 aromatic rings. The third-order valence-electron chi connectivity index (χ3n) is 3.81. The fourth-order valence-corrected chi connectivity index (χ4v) is 4.13. The molecule has 1 N–H and O–H groups in total. The van der Waals surface area contributed by atoms with Crippen molar-refractivity contribution in [3.63, 3.8) is 0 Å². The van der Waals surface area contributed by atoms with Gasteiger partial charge in [0, 0.05) is 19.1 Å². The van der Waals surface area contributed by atoms with E-state index >= 15 is 0 Å². The second-order valence-corrected chi connectivity index (χ2v) is 6.40. The lowest BCUT2D eigenvalue weighted by Crippen LogP contribution is -2.51. The molecule has 98 valence electrons. The zero-order valence-corrected chi connectivity index (χ0v) is 11.6. The van der Waals surface area contributed by atoms with E-state index < -0.39 is 0 Å². The van der Waals surface area contributed by atoms with Crippen molar-refractivity contribution < 1.29 is 4.79 Å². The zero-order chi connectivity index (χ0) is 12.1. The number of carbonyl (C=O) groups excluding carboxylic acids is 1. The lowest BCUT2D eigenvalue weighted by molar-refractivity contribution is -0.134. The Hall–Kier alpha value is -0.220. The fraction of sp³-hybridized carbons (Fsp3) is 0.923. The van der Waals surface area contributed by atoms with Crippen molar-refractivity contribution in [2.75, 3.05) is 25.9 Å². The normalized spacial score (nSPS) is 30.3. The Morgan fingerprint density at radius 1 is 1.29 bits per heavy atom. The minimum absolute atomic E-state index is 0.251. The summed E-state index contributed by atoms with van der Waals surface area (Å²) in [5.74, 6) is 1.58. The van der Waals surface area contributed by atoms with Crippen LogP contribution in [0.15, 0.2) is 0 Å². The summed E-state index contributed by atoms with van der Waals surface area (Å²) in [6.07, 6.45) is 7.23.